The summed E-state index contributed by atoms with van der Waals surface area (Å²) in [5, 5.41) is 0. The van der Waals surface area contributed by atoms with Crippen molar-refractivity contribution in [3.05, 3.63) is 30.3 Å². The van der Waals surface area contributed by atoms with E-state index in [1.807, 2.05) is 0 Å². The molecule has 1 aliphatic heterocycles. The highest BCUT2D eigenvalue weighted by Gasteiger charge is 2.72. The monoisotopic (exact) mass is 327 g/mol. The van der Waals surface area contributed by atoms with Crippen molar-refractivity contribution in [2.75, 3.05) is 19.8 Å². The van der Waals surface area contributed by atoms with Gasteiger partial charge in [0.25, 0.3) is 0 Å². The van der Waals surface area contributed by atoms with Gasteiger partial charge in [0.1, 0.15) is 0 Å². The number of nitrogens with zero attached hydrogens (tertiary/aromatic N) is 1. The second-order valence-corrected chi connectivity index (χ2v) is 6.49. The van der Waals surface area contributed by atoms with Crippen molar-refractivity contribution in [1.29, 1.82) is 0 Å². The molecule has 0 aliphatic carbocycles. The van der Waals surface area contributed by atoms with Crippen LogP contribution in [0.25, 0.3) is 0 Å². The predicted octanol–water partition coefficient (Wildman–Crippen LogP) is 0.556. The lowest BCUT2D eigenvalue weighted by atomic mass is 10.1. The van der Waals surface area contributed by atoms with Crippen molar-refractivity contribution >= 4 is 22.0 Å². The zero-order chi connectivity index (χ0) is 16.4. The Kier molecular flexibility index (Phi) is 4.52. The van der Waals surface area contributed by atoms with Crippen LogP contribution in [-0.4, -0.2) is 50.0 Å². The molecule has 1 aromatic carbocycles. The second kappa shape index (κ2) is 6.05. The molecule has 0 radical (unpaired) electrons. The zero-order valence-corrected chi connectivity index (χ0v) is 13.1. The Balaban J connectivity index is 2.37. The van der Waals surface area contributed by atoms with E-state index in [1.54, 1.807) is 32.0 Å². The lowest BCUT2D eigenvalue weighted by molar-refractivity contribution is -0.159. The highest BCUT2D eigenvalue weighted by molar-refractivity contribution is 7.89. The van der Waals surface area contributed by atoms with E-state index in [0.29, 0.717) is 0 Å². The van der Waals surface area contributed by atoms with Gasteiger partial charge in [-0.15, -0.1) is 0 Å². The zero-order valence-electron chi connectivity index (χ0n) is 12.3. The topological polar surface area (TPSA) is 89.8 Å². The summed E-state index contributed by atoms with van der Waals surface area (Å²) in [5.41, 5.74) is -1.90. The molecule has 0 bridgehead atoms. The van der Waals surface area contributed by atoms with Crippen LogP contribution in [0.2, 0.25) is 0 Å². The van der Waals surface area contributed by atoms with Crippen molar-refractivity contribution in [2.45, 2.75) is 24.3 Å². The lowest BCUT2D eigenvalue weighted by Crippen LogP contribution is -2.42. The predicted molar refractivity (Wildman–Crippen MR) is 76.3 cm³/mol. The molecule has 1 aliphatic rings. The Bertz CT molecular complexity index is 652. The number of hydrogen-bond donors (Lipinski definition) is 0. The van der Waals surface area contributed by atoms with E-state index in [1.165, 1.54) is 12.1 Å². The summed E-state index contributed by atoms with van der Waals surface area (Å²) in [6.45, 7) is 2.96. The van der Waals surface area contributed by atoms with E-state index in [9.17, 15) is 18.0 Å². The van der Waals surface area contributed by atoms with Crippen molar-refractivity contribution < 1.29 is 27.5 Å². The minimum Gasteiger partial charge on any atom is -0.464 e. The minimum atomic E-state index is -3.97. The largest absolute Gasteiger partial charge is 0.464 e. The van der Waals surface area contributed by atoms with Crippen LogP contribution in [-0.2, 0) is 29.1 Å². The number of ether oxygens (including phenoxy) is 2. The molecule has 8 heteroatoms. The molecule has 0 N–H and O–H groups in total. The van der Waals surface area contributed by atoms with E-state index >= 15 is 0 Å². The third-order valence-corrected chi connectivity index (χ3v) is 5.14. The molecular formula is C14H17NO6S. The summed E-state index contributed by atoms with van der Waals surface area (Å²) in [7, 11) is -3.97. The first-order chi connectivity index (χ1) is 10.4. The van der Waals surface area contributed by atoms with Gasteiger partial charge in [-0.05, 0) is 26.0 Å². The molecule has 0 amide bonds. The van der Waals surface area contributed by atoms with E-state index in [-0.39, 0.29) is 24.7 Å². The molecule has 2 rings (SSSR count). The summed E-state index contributed by atoms with van der Waals surface area (Å²) in [6, 6.07) is 7.59. The first-order valence-corrected chi connectivity index (χ1v) is 8.27. The first-order valence-electron chi connectivity index (χ1n) is 6.83. The standard InChI is InChI=1S/C14H17NO6S/c1-3-20-12(16)14(13(17)21-4-2)10-15(14)22(18,19)11-8-6-5-7-9-11/h5-9H,3-4,10H2,1-2H3. The third-order valence-electron chi connectivity index (χ3n) is 3.25. The van der Waals surface area contributed by atoms with Crippen LogP contribution < -0.4 is 0 Å². The van der Waals surface area contributed by atoms with Crippen LogP contribution in [0.15, 0.2) is 35.2 Å². The van der Waals surface area contributed by atoms with Gasteiger partial charge >= 0.3 is 11.9 Å². The molecule has 1 saturated heterocycles. The number of benzene rings is 1. The Morgan fingerprint density at radius 3 is 2.05 bits per heavy atom. The first kappa shape index (κ1) is 16.4. The number of carbonyl (C=O) groups is 2. The van der Waals surface area contributed by atoms with Crippen LogP contribution in [0, 0.1) is 0 Å². The van der Waals surface area contributed by atoms with Gasteiger partial charge < -0.3 is 9.47 Å². The third kappa shape index (κ3) is 2.59. The molecule has 1 unspecified atom stereocenters. The molecule has 120 valence electrons. The van der Waals surface area contributed by atoms with Crippen LogP contribution in [0.1, 0.15) is 13.8 Å². The maximum absolute atomic E-state index is 12.5. The molecule has 7 nitrogen and oxygen atoms in total. The van der Waals surface area contributed by atoms with Crippen molar-refractivity contribution in [2.24, 2.45) is 0 Å². The van der Waals surface area contributed by atoms with Crippen molar-refractivity contribution in [1.82, 2.24) is 4.31 Å². The van der Waals surface area contributed by atoms with E-state index in [0.717, 1.165) is 4.31 Å². The summed E-state index contributed by atoms with van der Waals surface area (Å²) >= 11 is 0. The fourth-order valence-electron chi connectivity index (χ4n) is 2.10. The van der Waals surface area contributed by atoms with Gasteiger partial charge in [0.05, 0.1) is 24.7 Å². The fraction of sp³-hybridized carbons (Fsp3) is 0.429. The highest BCUT2D eigenvalue weighted by Crippen LogP contribution is 2.40. The van der Waals surface area contributed by atoms with Gasteiger partial charge in [-0.2, -0.15) is 4.31 Å². The highest BCUT2D eigenvalue weighted by atomic mass is 32.2. The van der Waals surface area contributed by atoms with Crippen LogP contribution in [0.4, 0.5) is 0 Å². The maximum atomic E-state index is 12.5. The lowest BCUT2D eigenvalue weighted by Gasteiger charge is -2.15. The summed E-state index contributed by atoms with van der Waals surface area (Å²) in [4.78, 5) is 24.2. The summed E-state index contributed by atoms with van der Waals surface area (Å²) in [6.07, 6.45) is 0. The number of sulfonamides is 1. The smallest absolute Gasteiger partial charge is 0.340 e. The Labute approximate surface area is 128 Å². The van der Waals surface area contributed by atoms with E-state index < -0.39 is 27.5 Å². The number of hydrogen-bond acceptors (Lipinski definition) is 6. The average Bonchev–Trinajstić information content (AvgIpc) is 3.26. The van der Waals surface area contributed by atoms with Gasteiger partial charge in [0.15, 0.2) is 0 Å². The van der Waals surface area contributed by atoms with Crippen LogP contribution >= 0.6 is 0 Å². The second-order valence-electron chi connectivity index (χ2n) is 4.63. The Hall–Kier alpha value is -1.93. The molecule has 22 heavy (non-hydrogen) atoms. The van der Waals surface area contributed by atoms with Gasteiger partial charge in [-0.25, -0.2) is 18.0 Å². The van der Waals surface area contributed by atoms with Gasteiger partial charge in [-0.3, -0.25) is 0 Å². The molecule has 1 atom stereocenters. The van der Waals surface area contributed by atoms with Gasteiger partial charge in [0, 0.05) is 0 Å². The molecule has 0 spiro atoms. The summed E-state index contributed by atoms with van der Waals surface area (Å²) < 4.78 is 35.6. The minimum absolute atomic E-state index is 0.00507. The van der Waals surface area contributed by atoms with Crippen LogP contribution in [0.5, 0.6) is 0 Å². The van der Waals surface area contributed by atoms with E-state index in [4.69, 9.17) is 9.47 Å². The normalized spacial score (nSPS) is 19.3. The molecule has 1 aromatic rings. The summed E-state index contributed by atoms with van der Waals surface area (Å²) in [5.74, 6) is -1.82. The van der Waals surface area contributed by atoms with Crippen molar-refractivity contribution in [3.8, 4) is 0 Å². The van der Waals surface area contributed by atoms with Gasteiger partial charge in [-0.1, -0.05) is 18.2 Å². The SMILES string of the molecule is CCOC(=O)C1(C(=O)OCC)CN1S(=O)(=O)c1ccccc1. The van der Waals surface area contributed by atoms with E-state index in [2.05, 4.69) is 0 Å². The Morgan fingerprint density at radius 2 is 1.59 bits per heavy atom. The Morgan fingerprint density at radius 1 is 1.09 bits per heavy atom. The quantitative estimate of drug-likeness (QED) is 0.431. The van der Waals surface area contributed by atoms with Crippen LogP contribution in [0.3, 0.4) is 0 Å². The number of esters is 2. The average molecular weight is 327 g/mol. The molecule has 0 aromatic heterocycles. The number of rotatable bonds is 6. The fourth-order valence-corrected chi connectivity index (χ4v) is 3.77. The molecule has 1 fully saturated rings. The van der Waals surface area contributed by atoms with Gasteiger partial charge in [0.2, 0.25) is 15.6 Å². The molecule has 0 saturated carbocycles. The molecule has 1 heterocycles. The van der Waals surface area contributed by atoms with Crippen molar-refractivity contribution in [3.63, 3.8) is 0 Å². The maximum Gasteiger partial charge on any atom is 0.340 e. The number of carbonyl (C=O) groups excluding carboxylic acids is 2. The molecular weight excluding hydrogens is 310 g/mol.